The predicted molar refractivity (Wildman–Crippen MR) is 87.8 cm³/mol. The molecule has 21 heavy (non-hydrogen) atoms. The van der Waals surface area contributed by atoms with E-state index < -0.39 is 0 Å². The minimum Gasteiger partial charge on any atom is -0.397 e. The van der Waals surface area contributed by atoms with E-state index in [0.29, 0.717) is 16.5 Å². The van der Waals surface area contributed by atoms with E-state index in [-0.39, 0.29) is 11.9 Å². The smallest absolute Gasteiger partial charge is 0.266 e. The second kappa shape index (κ2) is 4.98. The summed E-state index contributed by atoms with van der Waals surface area (Å²) >= 11 is 1.41. The Balaban J connectivity index is 2.02. The normalized spacial score (nSPS) is 16.2. The van der Waals surface area contributed by atoms with Crippen LogP contribution in [0.25, 0.3) is 10.2 Å². The van der Waals surface area contributed by atoms with Crippen molar-refractivity contribution in [1.82, 2.24) is 9.88 Å². The summed E-state index contributed by atoms with van der Waals surface area (Å²) in [6.07, 6.45) is 2.45. The first kappa shape index (κ1) is 14.3. The molecule has 0 saturated heterocycles. The molecule has 1 amide bonds. The lowest BCUT2D eigenvalue weighted by molar-refractivity contribution is 0.0733. The Kier molecular flexibility index (Phi) is 3.40. The Morgan fingerprint density at radius 3 is 2.76 bits per heavy atom. The topological polar surface area (TPSA) is 59.2 Å². The van der Waals surface area contributed by atoms with E-state index >= 15 is 0 Å². The van der Waals surface area contributed by atoms with Crippen molar-refractivity contribution in [3.63, 3.8) is 0 Å². The molecule has 2 heterocycles. The Bertz CT molecular complexity index is 718. The number of carbonyl (C=O) groups excluding carboxylic acids is 1. The highest BCUT2D eigenvalue weighted by Crippen LogP contribution is 2.38. The molecule has 2 N–H and O–H groups in total. The summed E-state index contributed by atoms with van der Waals surface area (Å²) < 4.78 is 0. The van der Waals surface area contributed by atoms with Crippen LogP contribution in [0.3, 0.4) is 0 Å². The molecule has 1 atom stereocenters. The summed E-state index contributed by atoms with van der Waals surface area (Å²) in [6, 6.07) is 2.29. The molecule has 1 aliphatic carbocycles. The molecule has 2 aromatic rings. The molecular formula is C16H21N3OS. The number of hydrogen-bond acceptors (Lipinski definition) is 4. The molecule has 1 fully saturated rings. The maximum atomic E-state index is 12.7. The van der Waals surface area contributed by atoms with Crippen molar-refractivity contribution in [2.24, 2.45) is 5.92 Å². The minimum absolute atomic E-state index is 0.0203. The summed E-state index contributed by atoms with van der Waals surface area (Å²) in [5.74, 6) is 0.670. The average molecular weight is 303 g/mol. The summed E-state index contributed by atoms with van der Waals surface area (Å²) in [5, 5.41) is 0.932. The number of nitrogens with zero attached hydrogens (tertiary/aromatic N) is 2. The van der Waals surface area contributed by atoms with E-state index in [1.807, 2.05) is 31.9 Å². The zero-order valence-electron chi connectivity index (χ0n) is 12.9. The summed E-state index contributed by atoms with van der Waals surface area (Å²) in [4.78, 5) is 20.6. The number of aromatic nitrogens is 1. The molecule has 3 rings (SSSR count). The Morgan fingerprint density at radius 1 is 1.48 bits per heavy atom. The maximum absolute atomic E-state index is 12.7. The van der Waals surface area contributed by atoms with Crippen LogP contribution in [0.1, 0.15) is 40.7 Å². The van der Waals surface area contributed by atoms with Gasteiger partial charge in [-0.3, -0.25) is 4.79 Å². The molecule has 0 bridgehead atoms. The molecule has 1 saturated carbocycles. The lowest BCUT2D eigenvalue weighted by atomic mass is 10.1. The standard InChI is InChI=1S/C16H21N3OS/c1-8-7-9(2)18-15-12(8)13(17)14(21-15)16(20)19(4)10(3)11-5-6-11/h7,10-11H,5-6,17H2,1-4H3. The molecule has 4 nitrogen and oxygen atoms in total. The van der Waals surface area contributed by atoms with E-state index in [1.54, 1.807) is 0 Å². The number of anilines is 1. The lowest BCUT2D eigenvalue weighted by Crippen LogP contribution is -2.36. The van der Waals surface area contributed by atoms with Crippen LogP contribution in [0.15, 0.2) is 6.07 Å². The van der Waals surface area contributed by atoms with Gasteiger partial charge in [-0.25, -0.2) is 4.98 Å². The molecule has 2 aromatic heterocycles. The number of nitrogen functional groups attached to an aromatic ring is 1. The van der Waals surface area contributed by atoms with Crippen LogP contribution in [0.4, 0.5) is 5.69 Å². The summed E-state index contributed by atoms with van der Waals surface area (Å²) in [7, 11) is 1.88. The zero-order chi connectivity index (χ0) is 15.3. The first-order valence-electron chi connectivity index (χ1n) is 7.33. The van der Waals surface area contributed by atoms with Crippen molar-refractivity contribution in [3.05, 3.63) is 22.2 Å². The van der Waals surface area contributed by atoms with E-state index in [9.17, 15) is 4.79 Å². The first-order valence-corrected chi connectivity index (χ1v) is 8.15. The molecule has 0 spiro atoms. The SMILES string of the molecule is Cc1cc(C)c2c(N)c(C(=O)N(C)C(C)C3CC3)sc2n1. The molecule has 1 unspecified atom stereocenters. The van der Waals surface area contributed by atoms with Crippen LogP contribution >= 0.6 is 11.3 Å². The highest BCUT2D eigenvalue weighted by molar-refractivity contribution is 7.21. The molecule has 5 heteroatoms. The summed E-state index contributed by atoms with van der Waals surface area (Å²) in [6.45, 7) is 6.10. The third-order valence-electron chi connectivity index (χ3n) is 4.45. The molecule has 0 aromatic carbocycles. The van der Waals surface area contributed by atoms with Gasteiger partial charge in [0.25, 0.3) is 5.91 Å². The van der Waals surface area contributed by atoms with Crippen molar-refractivity contribution in [3.8, 4) is 0 Å². The molecule has 0 aliphatic heterocycles. The number of rotatable bonds is 3. The zero-order valence-corrected chi connectivity index (χ0v) is 13.8. The van der Waals surface area contributed by atoms with Gasteiger partial charge in [0.15, 0.2) is 0 Å². The summed E-state index contributed by atoms with van der Waals surface area (Å²) in [5.41, 5.74) is 8.87. The maximum Gasteiger partial charge on any atom is 0.266 e. The van der Waals surface area contributed by atoms with Gasteiger partial charge < -0.3 is 10.6 Å². The lowest BCUT2D eigenvalue weighted by Gasteiger charge is -2.24. The average Bonchev–Trinajstić information content (AvgIpc) is 3.21. The number of aryl methyl sites for hydroxylation is 2. The largest absolute Gasteiger partial charge is 0.397 e. The van der Waals surface area contributed by atoms with Crippen LogP contribution in [0, 0.1) is 19.8 Å². The number of nitrogens with two attached hydrogens (primary N) is 1. The van der Waals surface area contributed by atoms with E-state index in [0.717, 1.165) is 21.5 Å². The van der Waals surface area contributed by atoms with Gasteiger partial charge in [0.05, 0.1) is 5.69 Å². The number of carbonyl (C=O) groups is 1. The quantitative estimate of drug-likeness (QED) is 0.945. The number of thiophene rings is 1. The van der Waals surface area contributed by atoms with Crippen LogP contribution < -0.4 is 5.73 Å². The number of pyridine rings is 1. The van der Waals surface area contributed by atoms with Crippen LogP contribution in [-0.2, 0) is 0 Å². The predicted octanol–water partition coefficient (Wildman–Crippen LogP) is 3.37. The van der Waals surface area contributed by atoms with Gasteiger partial charge in [0.1, 0.15) is 9.71 Å². The number of fused-ring (bicyclic) bond motifs is 1. The van der Waals surface area contributed by atoms with Gasteiger partial charge in [0, 0.05) is 24.2 Å². The van der Waals surface area contributed by atoms with Crippen LogP contribution in [0.5, 0.6) is 0 Å². The number of hydrogen-bond donors (Lipinski definition) is 1. The van der Waals surface area contributed by atoms with Crippen molar-refractivity contribution < 1.29 is 4.79 Å². The van der Waals surface area contributed by atoms with E-state index in [2.05, 4.69) is 11.9 Å². The van der Waals surface area contributed by atoms with Crippen molar-refractivity contribution >= 4 is 33.1 Å². The van der Waals surface area contributed by atoms with Crippen LogP contribution in [-0.4, -0.2) is 28.9 Å². The Labute approximate surface area is 129 Å². The fraction of sp³-hybridized carbons (Fsp3) is 0.500. The fourth-order valence-corrected chi connectivity index (χ4v) is 4.07. The minimum atomic E-state index is 0.0203. The van der Waals surface area contributed by atoms with E-state index in [1.165, 1.54) is 24.2 Å². The fourth-order valence-electron chi connectivity index (χ4n) is 2.87. The van der Waals surface area contributed by atoms with E-state index in [4.69, 9.17) is 5.73 Å². The van der Waals surface area contributed by atoms with Gasteiger partial charge in [-0.1, -0.05) is 0 Å². The van der Waals surface area contributed by atoms with Gasteiger partial charge in [-0.2, -0.15) is 0 Å². The first-order chi connectivity index (χ1) is 9.90. The molecule has 0 radical (unpaired) electrons. The third-order valence-corrected chi connectivity index (χ3v) is 5.54. The van der Waals surface area contributed by atoms with Crippen molar-refractivity contribution in [2.75, 3.05) is 12.8 Å². The monoisotopic (exact) mass is 303 g/mol. The molecule has 112 valence electrons. The second-order valence-corrected chi connectivity index (χ2v) is 7.10. The Hall–Kier alpha value is -1.62. The van der Waals surface area contributed by atoms with Crippen molar-refractivity contribution in [1.29, 1.82) is 0 Å². The van der Waals surface area contributed by atoms with Gasteiger partial charge >= 0.3 is 0 Å². The molecular weight excluding hydrogens is 282 g/mol. The highest BCUT2D eigenvalue weighted by Gasteiger charge is 2.34. The van der Waals surface area contributed by atoms with Crippen molar-refractivity contribution in [2.45, 2.75) is 39.7 Å². The van der Waals surface area contributed by atoms with Gasteiger partial charge in [0.2, 0.25) is 0 Å². The highest BCUT2D eigenvalue weighted by atomic mass is 32.1. The Morgan fingerprint density at radius 2 is 2.14 bits per heavy atom. The van der Waals surface area contributed by atoms with Gasteiger partial charge in [-0.05, 0) is 51.2 Å². The van der Waals surface area contributed by atoms with Crippen LogP contribution in [0.2, 0.25) is 0 Å². The second-order valence-electron chi connectivity index (χ2n) is 6.10. The van der Waals surface area contributed by atoms with Gasteiger partial charge in [-0.15, -0.1) is 11.3 Å². The third kappa shape index (κ3) is 2.39. The number of amides is 1. The molecule has 1 aliphatic rings.